The van der Waals surface area contributed by atoms with Crippen molar-refractivity contribution in [1.82, 2.24) is 4.90 Å². The second kappa shape index (κ2) is 2.38. The van der Waals surface area contributed by atoms with Crippen LogP contribution in [0.25, 0.3) is 0 Å². The molecule has 0 aromatic rings. The van der Waals surface area contributed by atoms with Crippen molar-refractivity contribution in [3.8, 4) is 0 Å². The predicted molar refractivity (Wildman–Crippen MR) is 36.1 cm³/mol. The summed E-state index contributed by atoms with van der Waals surface area (Å²) in [5.41, 5.74) is 0. The van der Waals surface area contributed by atoms with E-state index in [4.69, 9.17) is 0 Å². The van der Waals surface area contributed by atoms with Crippen molar-refractivity contribution in [2.75, 3.05) is 6.54 Å². The molecule has 0 aromatic carbocycles. The largest absolute Gasteiger partial charge is 0.336 e. The highest BCUT2D eigenvalue weighted by Gasteiger charge is 2.32. The summed E-state index contributed by atoms with van der Waals surface area (Å²) in [5.74, 6) is 0.324. The molecule has 0 aromatic heterocycles. The van der Waals surface area contributed by atoms with Gasteiger partial charge in [0.15, 0.2) is 0 Å². The molecule has 9 heavy (non-hydrogen) atoms. The number of nitrogens with zero attached hydrogens (tertiary/aromatic N) is 1. The highest BCUT2D eigenvalue weighted by Crippen LogP contribution is 2.17. The van der Waals surface area contributed by atoms with E-state index < -0.39 is 0 Å². The zero-order valence-electron chi connectivity index (χ0n) is 6.05. The standard InChI is InChI=1S/C7H13NO/c1-3-4-7(9)8-5-6(8)2/h6H,3-5H2,1-2H3. The lowest BCUT2D eigenvalue weighted by molar-refractivity contribution is -0.126. The van der Waals surface area contributed by atoms with E-state index in [9.17, 15) is 4.79 Å². The van der Waals surface area contributed by atoms with Gasteiger partial charge in [-0.15, -0.1) is 0 Å². The maximum Gasteiger partial charge on any atom is 0.222 e. The Bertz CT molecular complexity index is 122. The highest BCUT2D eigenvalue weighted by atomic mass is 16.2. The quantitative estimate of drug-likeness (QED) is 0.507. The third kappa shape index (κ3) is 1.44. The molecular weight excluding hydrogens is 114 g/mol. The van der Waals surface area contributed by atoms with Crippen molar-refractivity contribution >= 4 is 5.91 Å². The zero-order valence-corrected chi connectivity index (χ0v) is 6.05. The molecule has 52 valence electrons. The Morgan fingerprint density at radius 1 is 1.78 bits per heavy atom. The summed E-state index contributed by atoms with van der Waals surface area (Å²) < 4.78 is 0. The van der Waals surface area contributed by atoms with Gasteiger partial charge in [0.05, 0.1) is 0 Å². The molecule has 0 saturated carbocycles. The molecule has 0 N–H and O–H groups in total. The van der Waals surface area contributed by atoms with Gasteiger partial charge in [-0.3, -0.25) is 4.79 Å². The first kappa shape index (κ1) is 6.59. The minimum absolute atomic E-state index is 0.324. The first-order chi connectivity index (χ1) is 4.25. The predicted octanol–water partition coefficient (Wildman–Crippen LogP) is 1.02. The van der Waals surface area contributed by atoms with Crippen molar-refractivity contribution in [3.63, 3.8) is 0 Å². The molecule has 2 heteroatoms. The number of hydrogen-bond donors (Lipinski definition) is 0. The van der Waals surface area contributed by atoms with E-state index in [-0.39, 0.29) is 0 Å². The molecule has 1 atom stereocenters. The van der Waals surface area contributed by atoms with Gasteiger partial charge >= 0.3 is 0 Å². The molecule has 0 spiro atoms. The first-order valence-corrected chi connectivity index (χ1v) is 3.55. The van der Waals surface area contributed by atoms with Crippen LogP contribution in [-0.4, -0.2) is 23.4 Å². The van der Waals surface area contributed by atoms with Gasteiger partial charge in [-0.2, -0.15) is 0 Å². The minimum Gasteiger partial charge on any atom is -0.336 e. The molecule has 1 unspecified atom stereocenters. The molecule has 2 nitrogen and oxygen atoms in total. The van der Waals surface area contributed by atoms with Gasteiger partial charge in [0.1, 0.15) is 0 Å². The Labute approximate surface area is 55.8 Å². The summed E-state index contributed by atoms with van der Waals surface area (Å²) in [5, 5.41) is 0. The van der Waals surface area contributed by atoms with Crippen LogP contribution in [-0.2, 0) is 4.79 Å². The number of hydrogen-bond acceptors (Lipinski definition) is 1. The number of carbonyl (C=O) groups is 1. The van der Waals surface area contributed by atoms with Crippen LogP contribution in [0.2, 0.25) is 0 Å². The van der Waals surface area contributed by atoms with Crippen LogP contribution in [0.4, 0.5) is 0 Å². The molecular formula is C7H13NO. The smallest absolute Gasteiger partial charge is 0.222 e. The van der Waals surface area contributed by atoms with Crippen molar-refractivity contribution in [2.24, 2.45) is 0 Å². The van der Waals surface area contributed by atoms with E-state index in [1.165, 1.54) is 0 Å². The van der Waals surface area contributed by atoms with Crippen LogP contribution in [0.3, 0.4) is 0 Å². The van der Waals surface area contributed by atoms with Gasteiger partial charge in [-0.25, -0.2) is 0 Å². The van der Waals surface area contributed by atoms with E-state index in [0.717, 1.165) is 19.4 Å². The molecule has 1 saturated heterocycles. The van der Waals surface area contributed by atoms with Gasteiger partial charge in [-0.05, 0) is 13.3 Å². The molecule has 1 heterocycles. The van der Waals surface area contributed by atoms with E-state index in [2.05, 4.69) is 6.92 Å². The van der Waals surface area contributed by atoms with Crippen LogP contribution in [0.5, 0.6) is 0 Å². The molecule has 1 fully saturated rings. The fraction of sp³-hybridized carbons (Fsp3) is 0.857. The SMILES string of the molecule is CCCC(=O)N1CC1C. The van der Waals surface area contributed by atoms with Gasteiger partial charge in [0, 0.05) is 19.0 Å². The van der Waals surface area contributed by atoms with E-state index in [1.807, 2.05) is 11.8 Å². The summed E-state index contributed by atoms with van der Waals surface area (Å²) in [7, 11) is 0. The van der Waals surface area contributed by atoms with Crippen molar-refractivity contribution in [1.29, 1.82) is 0 Å². The van der Waals surface area contributed by atoms with Gasteiger partial charge < -0.3 is 4.90 Å². The number of carbonyl (C=O) groups excluding carboxylic acids is 1. The summed E-state index contributed by atoms with van der Waals surface area (Å²) in [4.78, 5) is 12.8. The number of amides is 1. The summed E-state index contributed by atoms with van der Waals surface area (Å²) in [6.45, 7) is 5.10. The maximum absolute atomic E-state index is 10.9. The Balaban J connectivity index is 2.20. The van der Waals surface area contributed by atoms with Crippen LogP contribution in [0.15, 0.2) is 0 Å². The lowest BCUT2D eigenvalue weighted by atomic mass is 10.3. The first-order valence-electron chi connectivity index (χ1n) is 3.55. The average molecular weight is 127 g/mol. The average Bonchev–Trinajstić information content (AvgIpc) is 2.47. The van der Waals surface area contributed by atoms with E-state index >= 15 is 0 Å². The van der Waals surface area contributed by atoms with Crippen LogP contribution in [0, 0.1) is 0 Å². The fourth-order valence-electron chi connectivity index (χ4n) is 0.943. The topological polar surface area (TPSA) is 20.1 Å². The third-order valence-corrected chi connectivity index (χ3v) is 1.64. The van der Waals surface area contributed by atoms with Crippen molar-refractivity contribution < 1.29 is 4.79 Å². The normalized spacial score (nSPS) is 24.2. The Kier molecular flexibility index (Phi) is 1.74. The lowest BCUT2D eigenvalue weighted by Crippen LogP contribution is -2.10. The van der Waals surface area contributed by atoms with Gasteiger partial charge in [-0.1, -0.05) is 6.92 Å². The van der Waals surface area contributed by atoms with Crippen LogP contribution < -0.4 is 0 Å². The molecule has 0 bridgehead atoms. The Hall–Kier alpha value is -0.530. The van der Waals surface area contributed by atoms with Crippen LogP contribution >= 0.6 is 0 Å². The maximum atomic E-state index is 10.9. The fourth-order valence-corrected chi connectivity index (χ4v) is 0.943. The third-order valence-electron chi connectivity index (χ3n) is 1.64. The molecule has 1 amide bonds. The monoisotopic (exact) mass is 127 g/mol. The van der Waals surface area contributed by atoms with E-state index in [1.54, 1.807) is 0 Å². The second-order valence-electron chi connectivity index (χ2n) is 2.65. The van der Waals surface area contributed by atoms with Crippen molar-refractivity contribution in [2.45, 2.75) is 32.7 Å². The molecule has 1 rings (SSSR count). The van der Waals surface area contributed by atoms with Gasteiger partial charge in [0.2, 0.25) is 5.91 Å². The Morgan fingerprint density at radius 2 is 2.33 bits per heavy atom. The number of rotatable bonds is 2. The highest BCUT2D eigenvalue weighted by molar-refractivity contribution is 5.78. The Morgan fingerprint density at radius 3 is 2.67 bits per heavy atom. The van der Waals surface area contributed by atoms with Gasteiger partial charge in [0.25, 0.3) is 0 Å². The van der Waals surface area contributed by atoms with Crippen molar-refractivity contribution in [3.05, 3.63) is 0 Å². The summed E-state index contributed by atoms with van der Waals surface area (Å²) in [6, 6.07) is 0.532. The summed E-state index contributed by atoms with van der Waals surface area (Å²) >= 11 is 0. The molecule has 0 radical (unpaired) electrons. The minimum atomic E-state index is 0.324. The molecule has 1 aliphatic rings. The van der Waals surface area contributed by atoms with Crippen LogP contribution in [0.1, 0.15) is 26.7 Å². The van der Waals surface area contributed by atoms with E-state index in [0.29, 0.717) is 11.9 Å². The molecule has 1 aliphatic heterocycles. The summed E-state index contributed by atoms with van der Waals surface area (Å²) in [6.07, 6.45) is 1.70. The molecule has 0 aliphatic carbocycles. The lowest BCUT2D eigenvalue weighted by Gasteiger charge is -1.97. The zero-order chi connectivity index (χ0) is 6.85. The second-order valence-corrected chi connectivity index (χ2v) is 2.65.